The zero-order valence-corrected chi connectivity index (χ0v) is 21.5. The second-order valence-corrected chi connectivity index (χ2v) is 9.83. The maximum atomic E-state index is 6.44. The van der Waals surface area contributed by atoms with Gasteiger partial charge in [-0.25, -0.2) is 4.98 Å². The van der Waals surface area contributed by atoms with Crippen molar-refractivity contribution in [3.63, 3.8) is 0 Å². The van der Waals surface area contributed by atoms with Gasteiger partial charge in [-0.15, -0.1) is 0 Å². The Morgan fingerprint density at radius 1 is 1.11 bits per heavy atom. The molecule has 1 aliphatic rings. The molecule has 3 aromatic heterocycles. The molecule has 1 saturated carbocycles. The summed E-state index contributed by atoms with van der Waals surface area (Å²) >= 11 is 6.44. The SMILES string of the molecule is CCOc1ccc(CCc2nc3cc(-c4c(C)noc4C)ccn3c2NC2CCCCC2)cc1Cl. The summed E-state index contributed by atoms with van der Waals surface area (Å²) in [7, 11) is 0. The summed E-state index contributed by atoms with van der Waals surface area (Å²) in [4.78, 5) is 5.08. The van der Waals surface area contributed by atoms with Gasteiger partial charge in [0.15, 0.2) is 0 Å². The van der Waals surface area contributed by atoms with E-state index in [1.165, 1.54) is 37.7 Å². The highest BCUT2D eigenvalue weighted by Gasteiger charge is 2.20. The Balaban J connectivity index is 1.46. The number of anilines is 1. The van der Waals surface area contributed by atoms with Crippen LogP contribution in [0.4, 0.5) is 5.82 Å². The van der Waals surface area contributed by atoms with E-state index in [1.54, 1.807) is 0 Å². The van der Waals surface area contributed by atoms with Gasteiger partial charge in [-0.1, -0.05) is 42.1 Å². The number of rotatable bonds is 8. The first-order chi connectivity index (χ1) is 17.0. The Bertz CT molecular complexity index is 1300. The fourth-order valence-corrected chi connectivity index (χ4v) is 5.40. The number of hydrogen-bond acceptors (Lipinski definition) is 5. The molecule has 1 fully saturated rings. The number of halogens is 1. The molecular formula is C28H33ClN4O2. The minimum atomic E-state index is 0.490. The molecule has 6 nitrogen and oxygen atoms in total. The topological polar surface area (TPSA) is 64.6 Å². The average Bonchev–Trinajstić information content (AvgIpc) is 3.38. The van der Waals surface area contributed by atoms with E-state index < -0.39 is 0 Å². The molecule has 0 spiro atoms. The van der Waals surface area contributed by atoms with Crippen LogP contribution in [0.5, 0.6) is 5.75 Å². The van der Waals surface area contributed by atoms with Crippen molar-refractivity contribution in [1.82, 2.24) is 14.5 Å². The number of fused-ring (bicyclic) bond motifs is 1. The van der Waals surface area contributed by atoms with Crippen LogP contribution in [0.3, 0.4) is 0 Å². The van der Waals surface area contributed by atoms with Crippen molar-refractivity contribution in [3.05, 3.63) is 64.3 Å². The van der Waals surface area contributed by atoms with Crippen LogP contribution in [-0.2, 0) is 12.8 Å². The van der Waals surface area contributed by atoms with E-state index in [0.717, 1.165) is 58.3 Å². The molecule has 0 unspecified atom stereocenters. The minimum absolute atomic E-state index is 0.490. The molecule has 0 saturated heterocycles. The molecule has 0 radical (unpaired) electrons. The van der Waals surface area contributed by atoms with E-state index in [0.29, 0.717) is 17.7 Å². The van der Waals surface area contributed by atoms with Crippen LogP contribution in [0.1, 0.15) is 61.7 Å². The molecule has 184 valence electrons. The summed E-state index contributed by atoms with van der Waals surface area (Å²) in [5.41, 5.74) is 6.20. The molecule has 0 bridgehead atoms. The fourth-order valence-electron chi connectivity index (χ4n) is 5.15. The van der Waals surface area contributed by atoms with Gasteiger partial charge in [-0.2, -0.15) is 0 Å². The largest absolute Gasteiger partial charge is 0.492 e. The summed E-state index contributed by atoms with van der Waals surface area (Å²) in [6.07, 6.45) is 10.1. The molecule has 0 atom stereocenters. The highest BCUT2D eigenvalue weighted by molar-refractivity contribution is 6.32. The Hall–Kier alpha value is -2.99. The van der Waals surface area contributed by atoms with E-state index in [2.05, 4.69) is 39.3 Å². The number of nitrogens with one attached hydrogen (secondary N) is 1. The first-order valence-electron chi connectivity index (χ1n) is 12.7. The van der Waals surface area contributed by atoms with Gasteiger partial charge < -0.3 is 14.6 Å². The summed E-state index contributed by atoms with van der Waals surface area (Å²) in [6.45, 7) is 6.50. The van der Waals surface area contributed by atoms with Crippen LogP contribution in [0.15, 0.2) is 41.1 Å². The number of pyridine rings is 1. The molecule has 4 aromatic rings. The second-order valence-electron chi connectivity index (χ2n) is 9.43. The minimum Gasteiger partial charge on any atom is -0.492 e. The number of aryl methyl sites for hydroxylation is 4. The number of imidazole rings is 1. The smallest absolute Gasteiger partial charge is 0.141 e. The van der Waals surface area contributed by atoms with Crippen molar-refractivity contribution >= 4 is 23.1 Å². The van der Waals surface area contributed by atoms with Gasteiger partial charge in [0.05, 0.1) is 23.0 Å². The standard InChI is InChI=1S/C28H33ClN4O2/c1-4-34-25-13-11-20(16-23(25)29)10-12-24-28(30-22-8-6-5-7-9-22)33-15-14-21(17-26(33)31-24)27-18(2)32-35-19(27)3/h11,13-17,22,30H,4-10,12H2,1-3H3. The fraction of sp³-hybridized carbons (Fsp3) is 0.429. The van der Waals surface area contributed by atoms with E-state index in [9.17, 15) is 0 Å². The number of nitrogens with zero attached hydrogens (tertiary/aromatic N) is 3. The van der Waals surface area contributed by atoms with Crippen LogP contribution in [0.2, 0.25) is 5.02 Å². The summed E-state index contributed by atoms with van der Waals surface area (Å²) in [6, 6.07) is 10.8. The average molecular weight is 493 g/mol. The van der Waals surface area contributed by atoms with Crippen LogP contribution >= 0.6 is 11.6 Å². The number of ether oxygens (including phenoxy) is 1. The van der Waals surface area contributed by atoms with Crippen LogP contribution in [-0.4, -0.2) is 27.2 Å². The van der Waals surface area contributed by atoms with E-state index in [4.69, 9.17) is 25.8 Å². The maximum Gasteiger partial charge on any atom is 0.141 e. The van der Waals surface area contributed by atoms with E-state index >= 15 is 0 Å². The number of aromatic nitrogens is 3. The highest BCUT2D eigenvalue weighted by Crippen LogP contribution is 2.32. The predicted molar refractivity (Wildman–Crippen MR) is 141 cm³/mol. The highest BCUT2D eigenvalue weighted by atomic mass is 35.5. The molecule has 1 N–H and O–H groups in total. The third kappa shape index (κ3) is 5.03. The quantitative estimate of drug-likeness (QED) is 0.282. The van der Waals surface area contributed by atoms with Gasteiger partial charge in [-0.05, 0) is 81.8 Å². The molecule has 1 aliphatic carbocycles. The molecule has 1 aromatic carbocycles. The lowest BCUT2D eigenvalue weighted by atomic mass is 9.95. The maximum absolute atomic E-state index is 6.44. The first kappa shape index (κ1) is 23.7. The molecule has 7 heteroatoms. The lowest BCUT2D eigenvalue weighted by Gasteiger charge is -2.24. The van der Waals surface area contributed by atoms with E-state index in [1.807, 2.05) is 32.9 Å². The predicted octanol–water partition coefficient (Wildman–Crippen LogP) is 7.19. The van der Waals surface area contributed by atoms with Crippen molar-refractivity contribution in [2.45, 2.75) is 71.8 Å². The van der Waals surface area contributed by atoms with Crippen LogP contribution < -0.4 is 10.1 Å². The van der Waals surface area contributed by atoms with Crippen molar-refractivity contribution in [3.8, 4) is 16.9 Å². The van der Waals surface area contributed by atoms with Crippen LogP contribution in [0, 0.1) is 13.8 Å². The molecule has 3 heterocycles. The lowest BCUT2D eigenvalue weighted by Crippen LogP contribution is -2.23. The molecule has 5 rings (SSSR count). The normalized spacial score (nSPS) is 14.5. The van der Waals surface area contributed by atoms with Crippen molar-refractivity contribution in [1.29, 1.82) is 0 Å². The van der Waals surface area contributed by atoms with E-state index in [-0.39, 0.29) is 0 Å². The van der Waals surface area contributed by atoms with Crippen molar-refractivity contribution in [2.75, 3.05) is 11.9 Å². The second kappa shape index (κ2) is 10.3. The lowest BCUT2D eigenvalue weighted by molar-refractivity contribution is 0.340. The van der Waals surface area contributed by atoms with Gasteiger partial charge in [0.1, 0.15) is 23.0 Å². The summed E-state index contributed by atoms with van der Waals surface area (Å²) in [5.74, 6) is 2.66. The third-order valence-electron chi connectivity index (χ3n) is 6.91. The van der Waals surface area contributed by atoms with Crippen molar-refractivity contribution in [2.24, 2.45) is 0 Å². The Kier molecular flexibility index (Phi) is 7.00. The Labute approximate surface area is 211 Å². The zero-order chi connectivity index (χ0) is 24.4. The molecule has 35 heavy (non-hydrogen) atoms. The summed E-state index contributed by atoms with van der Waals surface area (Å²) < 4.78 is 13.2. The van der Waals surface area contributed by atoms with Gasteiger partial charge in [0.2, 0.25) is 0 Å². The Morgan fingerprint density at radius 3 is 2.66 bits per heavy atom. The number of benzene rings is 1. The van der Waals surface area contributed by atoms with Gasteiger partial charge in [-0.3, -0.25) is 4.40 Å². The Morgan fingerprint density at radius 2 is 1.94 bits per heavy atom. The monoisotopic (exact) mass is 492 g/mol. The summed E-state index contributed by atoms with van der Waals surface area (Å²) in [5, 5.41) is 8.63. The van der Waals surface area contributed by atoms with Gasteiger partial charge in [0, 0.05) is 17.8 Å². The first-order valence-corrected chi connectivity index (χ1v) is 13.0. The van der Waals surface area contributed by atoms with Gasteiger partial charge in [0.25, 0.3) is 0 Å². The molecule has 0 aliphatic heterocycles. The number of hydrogen-bond donors (Lipinski definition) is 1. The van der Waals surface area contributed by atoms with Crippen LogP contribution in [0.25, 0.3) is 16.8 Å². The molecular weight excluding hydrogens is 460 g/mol. The third-order valence-corrected chi connectivity index (χ3v) is 7.21. The van der Waals surface area contributed by atoms with Crippen molar-refractivity contribution < 1.29 is 9.26 Å². The molecule has 0 amide bonds. The van der Waals surface area contributed by atoms with Gasteiger partial charge >= 0.3 is 0 Å². The zero-order valence-electron chi connectivity index (χ0n) is 20.7.